The number of carboxylic acids is 1. The van der Waals surface area contributed by atoms with E-state index in [1.807, 2.05) is 0 Å². The van der Waals surface area contributed by atoms with Crippen LogP contribution >= 0.6 is 7.82 Å². The van der Waals surface area contributed by atoms with Gasteiger partial charge >= 0.3 is 25.7 Å². The zero-order chi connectivity index (χ0) is 36.8. The van der Waals surface area contributed by atoms with Crippen LogP contribution in [0.1, 0.15) is 71.9 Å². The van der Waals surface area contributed by atoms with Gasteiger partial charge in [-0.3, -0.25) is 33.0 Å². The van der Waals surface area contributed by atoms with Crippen molar-refractivity contribution >= 4 is 43.5 Å². The molecule has 49 heavy (non-hydrogen) atoms. The molecule has 1 aromatic heterocycles. The van der Waals surface area contributed by atoms with Gasteiger partial charge < -0.3 is 45.7 Å². The number of esters is 2. The summed E-state index contributed by atoms with van der Waals surface area (Å²) in [6.07, 6.45) is 3.70. The summed E-state index contributed by atoms with van der Waals surface area (Å²) in [5.74, 6) is -4.19. The third-order valence-corrected chi connectivity index (χ3v) is 7.54. The molecular formula is C29H49N6O13P. The van der Waals surface area contributed by atoms with E-state index in [2.05, 4.69) is 31.2 Å². The molecule has 0 fully saturated rings. The number of phosphoric ester groups is 1. The maximum absolute atomic E-state index is 12.8. The van der Waals surface area contributed by atoms with E-state index in [9.17, 15) is 43.3 Å². The maximum atomic E-state index is 12.8. The number of carbonyl (C=O) groups is 6. The molecule has 0 aliphatic rings. The minimum atomic E-state index is -4.52. The van der Waals surface area contributed by atoms with Crippen molar-refractivity contribution in [1.82, 2.24) is 31.2 Å². The number of amides is 3. The van der Waals surface area contributed by atoms with Crippen LogP contribution in [0.4, 0.5) is 0 Å². The van der Waals surface area contributed by atoms with Crippen molar-refractivity contribution in [2.45, 2.75) is 96.9 Å². The molecule has 0 spiro atoms. The minimum absolute atomic E-state index is 0.0652. The molecule has 20 heteroatoms. The average Bonchev–Trinajstić information content (AvgIpc) is 3.55. The van der Waals surface area contributed by atoms with Crippen LogP contribution in [0.15, 0.2) is 12.5 Å². The fourth-order valence-electron chi connectivity index (χ4n) is 4.03. The van der Waals surface area contributed by atoms with Crippen molar-refractivity contribution in [2.75, 3.05) is 32.9 Å². The lowest BCUT2D eigenvalue weighted by Gasteiger charge is -2.22. The number of aromatic amines is 1. The summed E-state index contributed by atoms with van der Waals surface area (Å²) in [5, 5.41) is 19.9. The maximum Gasteiger partial charge on any atom is 0.472 e. The molecule has 0 aliphatic carbocycles. The number of unbranched alkanes of at least 4 members (excludes halogenated alkanes) is 1. The number of nitrogens with zero attached hydrogens (tertiary/aromatic N) is 1. The Morgan fingerprint density at radius 1 is 0.959 bits per heavy atom. The predicted molar refractivity (Wildman–Crippen MR) is 172 cm³/mol. The number of rotatable bonds is 26. The van der Waals surface area contributed by atoms with Crippen molar-refractivity contribution < 1.29 is 61.9 Å². The molecule has 7 N–H and O–H groups in total. The first kappa shape index (κ1) is 43.1. The van der Waals surface area contributed by atoms with E-state index in [0.29, 0.717) is 31.5 Å². The van der Waals surface area contributed by atoms with Crippen molar-refractivity contribution in [2.24, 2.45) is 0 Å². The molecule has 278 valence electrons. The van der Waals surface area contributed by atoms with Gasteiger partial charge in [-0.05, 0) is 39.2 Å². The number of hydrogen-bond acceptors (Lipinski definition) is 13. The molecule has 0 bridgehead atoms. The topological polar surface area (TPSA) is 274 Å². The van der Waals surface area contributed by atoms with Crippen LogP contribution in [0.2, 0.25) is 0 Å². The summed E-state index contributed by atoms with van der Waals surface area (Å²) in [4.78, 5) is 88.6. The largest absolute Gasteiger partial charge is 0.480 e. The Bertz CT molecular complexity index is 1250. The highest BCUT2D eigenvalue weighted by molar-refractivity contribution is 7.47. The Morgan fingerprint density at radius 3 is 2.31 bits per heavy atom. The second kappa shape index (κ2) is 23.5. The van der Waals surface area contributed by atoms with Gasteiger partial charge in [-0.25, -0.2) is 14.3 Å². The van der Waals surface area contributed by atoms with Gasteiger partial charge in [-0.15, -0.1) is 0 Å². The molecule has 0 saturated heterocycles. The number of nitrogens with one attached hydrogen (secondary N) is 5. The molecular weight excluding hydrogens is 671 g/mol. The number of phosphoric acid groups is 1. The first-order valence-corrected chi connectivity index (χ1v) is 17.4. The average molecular weight is 721 g/mol. The van der Waals surface area contributed by atoms with Gasteiger partial charge in [-0.1, -0.05) is 13.8 Å². The summed E-state index contributed by atoms with van der Waals surface area (Å²) in [6, 6.07) is -3.32. The Labute approximate surface area is 284 Å². The van der Waals surface area contributed by atoms with Crippen LogP contribution in [0.5, 0.6) is 0 Å². The number of H-pyrrole nitrogens is 1. The summed E-state index contributed by atoms with van der Waals surface area (Å²) in [7, 11) is -4.52. The molecule has 1 heterocycles. The Hall–Kier alpha value is -3.90. The van der Waals surface area contributed by atoms with Gasteiger partial charge in [-0.2, -0.15) is 0 Å². The van der Waals surface area contributed by atoms with Gasteiger partial charge in [0.2, 0.25) is 17.7 Å². The quantitative estimate of drug-likeness (QED) is 0.0380. The number of carboxylic acid groups (broad SMARTS) is 1. The second-order valence-electron chi connectivity index (χ2n) is 10.9. The first-order chi connectivity index (χ1) is 23.2. The molecule has 0 radical (unpaired) electrons. The van der Waals surface area contributed by atoms with Crippen molar-refractivity contribution in [3.63, 3.8) is 0 Å². The molecule has 1 aromatic rings. The molecule has 5 atom stereocenters. The zero-order valence-electron chi connectivity index (χ0n) is 28.2. The van der Waals surface area contributed by atoms with E-state index in [1.54, 1.807) is 13.8 Å². The fourth-order valence-corrected chi connectivity index (χ4v) is 4.78. The Balaban J connectivity index is 2.44. The minimum Gasteiger partial charge on any atom is -0.480 e. The number of imidazole rings is 1. The van der Waals surface area contributed by atoms with E-state index in [1.165, 1.54) is 26.4 Å². The number of hydrogen-bond donors (Lipinski definition) is 7. The highest BCUT2D eigenvalue weighted by atomic mass is 31.2. The second-order valence-corrected chi connectivity index (χ2v) is 12.3. The zero-order valence-corrected chi connectivity index (χ0v) is 29.1. The summed E-state index contributed by atoms with van der Waals surface area (Å²) >= 11 is 0. The Kier molecular flexibility index (Phi) is 20.6. The van der Waals surface area contributed by atoms with Crippen molar-refractivity contribution in [3.8, 4) is 0 Å². The molecule has 19 nitrogen and oxygen atoms in total. The number of carbonyl (C=O) groups excluding carboxylic acids is 5. The molecule has 0 aliphatic heterocycles. The summed E-state index contributed by atoms with van der Waals surface area (Å²) in [6.45, 7) is 5.50. The van der Waals surface area contributed by atoms with E-state index < -0.39 is 74.3 Å². The van der Waals surface area contributed by atoms with Gasteiger partial charge in [0.15, 0.2) is 6.10 Å². The van der Waals surface area contributed by atoms with E-state index in [0.717, 1.165) is 0 Å². The Morgan fingerprint density at radius 2 is 1.69 bits per heavy atom. The van der Waals surface area contributed by atoms with Gasteiger partial charge in [0.05, 0.1) is 25.2 Å². The first-order valence-electron chi connectivity index (χ1n) is 15.9. The smallest absolute Gasteiger partial charge is 0.472 e. The predicted octanol–water partition coefficient (Wildman–Crippen LogP) is 0.0896. The standard InChI is InChI=1S/C29H49N6O13P/c1-5-9-26(38)48-22(16-45-25(37)6-2)17-47-49(43,44)46-13-12-30-11-8-7-10-23(34-20(4)36)28(40)33-19(3)27(39)35-24(29(41)42)14-21-15-31-18-32-21/h15,18-19,22-24,30H,5-14,16-17H2,1-4H3,(H,31,32)(H,33,40)(H,34,36)(H,35,39)(H,41,42)(H,43,44). The van der Waals surface area contributed by atoms with Crippen LogP contribution < -0.4 is 21.3 Å². The lowest BCUT2D eigenvalue weighted by atomic mass is 10.1. The molecule has 5 unspecified atom stereocenters. The normalized spacial score (nSPS) is 14.7. The molecule has 0 saturated carbocycles. The van der Waals surface area contributed by atoms with Gasteiger partial charge in [0.1, 0.15) is 24.7 Å². The fraction of sp³-hybridized carbons (Fsp3) is 0.690. The highest BCUT2D eigenvalue weighted by Crippen LogP contribution is 2.43. The van der Waals surface area contributed by atoms with Crippen LogP contribution in [0.25, 0.3) is 0 Å². The molecule has 3 amide bonds. The van der Waals surface area contributed by atoms with Crippen LogP contribution in [-0.4, -0.2) is 113 Å². The van der Waals surface area contributed by atoms with Crippen molar-refractivity contribution in [1.29, 1.82) is 0 Å². The highest BCUT2D eigenvalue weighted by Gasteiger charge is 2.28. The van der Waals surface area contributed by atoms with Gasteiger partial charge in [0.25, 0.3) is 0 Å². The molecule has 0 aromatic carbocycles. The van der Waals surface area contributed by atoms with E-state index in [-0.39, 0.29) is 45.4 Å². The van der Waals surface area contributed by atoms with Gasteiger partial charge in [0, 0.05) is 38.9 Å². The lowest BCUT2D eigenvalue weighted by molar-refractivity contribution is -0.161. The number of aromatic nitrogens is 2. The number of ether oxygens (including phenoxy) is 2. The van der Waals surface area contributed by atoms with E-state index >= 15 is 0 Å². The number of aliphatic carboxylic acids is 1. The lowest BCUT2D eigenvalue weighted by Crippen LogP contribution is -2.54. The monoisotopic (exact) mass is 720 g/mol. The van der Waals surface area contributed by atoms with Crippen LogP contribution in [0, 0.1) is 0 Å². The summed E-state index contributed by atoms with van der Waals surface area (Å²) in [5.41, 5.74) is 0.431. The SMILES string of the molecule is CCCC(=O)OC(COC(=O)CC)COP(=O)(O)OCCNCCCCC(NC(C)=O)C(=O)NC(C)C(=O)NC(Cc1c[nH]cn1)C(=O)O. The van der Waals surface area contributed by atoms with E-state index in [4.69, 9.17) is 18.5 Å². The third kappa shape index (κ3) is 19.6. The van der Waals surface area contributed by atoms with Crippen LogP contribution in [0.3, 0.4) is 0 Å². The van der Waals surface area contributed by atoms with Crippen LogP contribution in [-0.2, 0) is 58.3 Å². The molecule has 1 rings (SSSR count). The third-order valence-electron chi connectivity index (χ3n) is 6.55. The van der Waals surface area contributed by atoms with Crippen molar-refractivity contribution in [3.05, 3.63) is 18.2 Å². The summed E-state index contributed by atoms with van der Waals surface area (Å²) < 4.78 is 32.2.